The fraction of sp³-hybridized carbons (Fsp3) is 0.600. The summed E-state index contributed by atoms with van der Waals surface area (Å²) in [5.74, 6) is -1.37. The van der Waals surface area contributed by atoms with Crippen LogP contribution in [0.15, 0.2) is 18.5 Å². The molecule has 5 nitrogen and oxygen atoms in total. The highest BCUT2D eigenvalue weighted by atomic mass is 19.1. The molecule has 1 fully saturated rings. The maximum Gasteiger partial charge on any atom is 0.466 e. The molecule has 0 radical (unpaired) electrons. The van der Waals surface area contributed by atoms with Crippen LogP contribution >= 0.6 is 0 Å². The summed E-state index contributed by atoms with van der Waals surface area (Å²) in [5.41, 5.74) is -0.525. The van der Waals surface area contributed by atoms with Crippen molar-refractivity contribution in [3.8, 4) is 0 Å². The molecule has 0 aliphatic carbocycles. The summed E-state index contributed by atoms with van der Waals surface area (Å²) in [5, 5.41) is 0. The van der Waals surface area contributed by atoms with E-state index in [1.165, 1.54) is 19.4 Å². The molecule has 22 heavy (non-hydrogen) atoms. The molecule has 2 rings (SSSR count). The van der Waals surface area contributed by atoms with Crippen molar-refractivity contribution in [2.45, 2.75) is 51.1 Å². The lowest BCUT2D eigenvalue weighted by Gasteiger charge is -2.32. The largest absolute Gasteiger partial charge is 0.469 e. The topological polar surface area (TPSA) is 57.7 Å². The Morgan fingerprint density at radius 2 is 1.91 bits per heavy atom. The third-order valence-electron chi connectivity index (χ3n) is 4.37. The minimum atomic E-state index is -0.673. The van der Waals surface area contributed by atoms with Crippen molar-refractivity contribution in [3.63, 3.8) is 0 Å². The molecule has 1 saturated heterocycles. The summed E-state index contributed by atoms with van der Waals surface area (Å²) < 4.78 is 30.2. The van der Waals surface area contributed by atoms with Gasteiger partial charge in [0.1, 0.15) is 5.82 Å². The molecule has 0 spiro atoms. The molecule has 1 aromatic heterocycles. The van der Waals surface area contributed by atoms with Gasteiger partial charge >= 0.3 is 13.1 Å². The van der Waals surface area contributed by atoms with Gasteiger partial charge in [-0.25, -0.2) is 4.39 Å². The Hall–Kier alpha value is -1.47. The van der Waals surface area contributed by atoms with Gasteiger partial charge in [-0.05, 0) is 39.3 Å². The van der Waals surface area contributed by atoms with Crippen LogP contribution in [0.2, 0.25) is 0 Å². The molecule has 1 aliphatic heterocycles. The van der Waals surface area contributed by atoms with E-state index in [4.69, 9.17) is 14.0 Å². The van der Waals surface area contributed by atoms with Crippen LogP contribution < -0.4 is 0 Å². The molecule has 0 amide bonds. The van der Waals surface area contributed by atoms with Crippen LogP contribution in [0.5, 0.6) is 0 Å². The Morgan fingerprint density at radius 3 is 2.41 bits per heavy atom. The van der Waals surface area contributed by atoms with E-state index in [0.717, 1.165) is 6.20 Å². The van der Waals surface area contributed by atoms with Gasteiger partial charge in [0.05, 0.1) is 30.9 Å². The Labute approximate surface area is 130 Å². The standard InChI is InChI=1S/C15H21BFNO4/c1-14(2)15(3,4)22-16(21-14)12(7-13(19)20-5)10-6-11(17)9-18-8-10/h6,8-9,12H,7H2,1-5H3. The first-order valence-corrected chi connectivity index (χ1v) is 7.19. The molecule has 1 aromatic rings. The third-order valence-corrected chi connectivity index (χ3v) is 4.37. The number of carbonyl (C=O) groups is 1. The molecule has 0 aromatic carbocycles. The first kappa shape index (κ1) is 16.9. The van der Waals surface area contributed by atoms with Gasteiger partial charge in [0.2, 0.25) is 0 Å². The monoisotopic (exact) mass is 309 g/mol. The second-order valence-corrected chi connectivity index (χ2v) is 6.45. The normalized spacial score (nSPS) is 20.7. The summed E-state index contributed by atoms with van der Waals surface area (Å²) in [6.07, 6.45) is 2.66. The summed E-state index contributed by atoms with van der Waals surface area (Å²) in [6, 6.07) is 1.34. The van der Waals surface area contributed by atoms with E-state index < -0.39 is 35.9 Å². The number of nitrogens with zero attached hydrogens (tertiary/aromatic N) is 1. The molecule has 0 saturated carbocycles. The maximum absolute atomic E-state index is 13.5. The van der Waals surface area contributed by atoms with Crippen LogP contribution in [0.25, 0.3) is 0 Å². The molecule has 0 bridgehead atoms. The number of halogens is 1. The number of ether oxygens (including phenoxy) is 1. The number of esters is 1. The fourth-order valence-corrected chi connectivity index (χ4v) is 2.32. The van der Waals surface area contributed by atoms with Crippen molar-refractivity contribution < 1.29 is 23.2 Å². The summed E-state index contributed by atoms with van der Waals surface area (Å²) in [6.45, 7) is 7.69. The Balaban J connectivity index is 2.32. The van der Waals surface area contributed by atoms with Crippen LogP contribution in [0.3, 0.4) is 0 Å². The number of methoxy groups -OCH3 is 1. The Morgan fingerprint density at radius 1 is 1.32 bits per heavy atom. The van der Waals surface area contributed by atoms with Gasteiger partial charge in [-0.1, -0.05) is 0 Å². The van der Waals surface area contributed by atoms with Gasteiger partial charge in [-0.3, -0.25) is 9.78 Å². The highest BCUT2D eigenvalue weighted by Crippen LogP contribution is 2.41. The van der Waals surface area contributed by atoms with Gasteiger partial charge in [0.15, 0.2) is 0 Å². The van der Waals surface area contributed by atoms with E-state index in [1.54, 1.807) is 0 Å². The lowest BCUT2D eigenvalue weighted by molar-refractivity contribution is -0.140. The zero-order valence-electron chi connectivity index (χ0n) is 13.6. The van der Waals surface area contributed by atoms with Crippen LogP contribution in [0, 0.1) is 5.82 Å². The minimum absolute atomic E-state index is 0.0263. The second kappa shape index (κ2) is 5.97. The summed E-state index contributed by atoms with van der Waals surface area (Å²) in [7, 11) is 0.640. The average Bonchev–Trinajstić information content (AvgIpc) is 2.64. The van der Waals surface area contributed by atoms with Crippen molar-refractivity contribution >= 4 is 13.1 Å². The molecule has 120 valence electrons. The van der Waals surface area contributed by atoms with Crippen molar-refractivity contribution in [3.05, 3.63) is 29.8 Å². The Kier molecular flexibility index (Phi) is 4.58. The van der Waals surface area contributed by atoms with Crippen LogP contribution in [-0.2, 0) is 18.8 Å². The number of aromatic nitrogens is 1. The highest BCUT2D eigenvalue weighted by Gasteiger charge is 2.54. The van der Waals surface area contributed by atoms with Crippen LogP contribution in [0.1, 0.15) is 45.5 Å². The number of hydrogen-bond acceptors (Lipinski definition) is 5. The van der Waals surface area contributed by atoms with Gasteiger partial charge in [0, 0.05) is 12.0 Å². The first-order chi connectivity index (χ1) is 10.2. The number of pyridine rings is 1. The van der Waals surface area contributed by atoms with Gasteiger partial charge in [-0.2, -0.15) is 0 Å². The molecule has 1 atom stereocenters. The van der Waals surface area contributed by atoms with E-state index in [9.17, 15) is 9.18 Å². The fourth-order valence-electron chi connectivity index (χ4n) is 2.32. The SMILES string of the molecule is COC(=O)CC(B1OC(C)(C)C(C)(C)O1)c1cncc(F)c1. The molecular weight excluding hydrogens is 288 g/mol. The molecular formula is C15H21BFNO4. The van der Waals surface area contributed by atoms with E-state index in [2.05, 4.69) is 4.98 Å². The predicted octanol–water partition coefficient (Wildman–Crippen LogP) is 2.50. The van der Waals surface area contributed by atoms with Gasteiger partial charge in [0.25, 0.3) is 0 Å². The lowest BCUT2D eigenvalue weighted by atomic mass is 9.66. The second-order valence-electron chi connectivity index (χ2n) is 6.45. The molecule has 1 unspecified atom stereocenters. The number of carbonyl (C=O) groups excluding carboxylic acids is 1. The molecule has 7 heteroatoms. The van der Waals surface area contributed by atoms with Gasteiger partial charge in [-0.15, -0.1) is 0 Å². The molecule has 0 N–H and O–H groups in total. The van der Waals surface area contributed by atoms with Crippen molar-refractivity contribution in [2.75, 3.05) is 7.11 Å². The zero-order chi connectivity index (χ0) is 16.5. The molecule has 1 aliphatic rings. The first-order valence-electron chi connectivity index (χ1n) is 7.19. The van der Waals surface area contributed by atoms with E-state index in [0.29, 0.717) is 5.56 Å². The average molecular weight is 309 g/mol. The third kappa shape index (κ3) is 3.30. The van der Waals surface area contributed by atoms with Gasteiger partial charge < -0.3 is 14.0 Å². The van der Waals surface area contributed by atoms with Crippen molar-refractivity contribution in [1.29, 1.82) is 0 Å². The maximum atomic E-state index is 13.5. The summed E-state index contributed by atoms with van der Waals surface area (Å²) >= 11 is 0. The van der Waals surface area contributed by atoms with Crippen LogP contribution in [0.4, 0.5) is 4.39 Å². The molecule has 2 heterocycles. The lowest BCUT2D eigenvalue weighted by Crippen LogP contribution is -2.41. The number of rotatable bonds is 4. The summed E-state index contributed by atoms with van der Waals surface area (Å²) in [4.78, 5) is 15.6. The predicted molar refractivity (Wildman–Crippen MR) is 79.7 cm³/mol. The zero-order valence-corrected chi connectivity index (χ0v) is 13.6. The quantitative estimate of drug-likeness (QED) is 0.632. The Bertz CT molecular complexity index is 548. The minimum Gasteiger partial charge on any atom is -0.469 e. The van der Waals surface area contributed by atoms with E-state index >= 15 is 0 Å². The van der Waals surface area contributed by atoms with E-state index in [-0.39, 0.29) is 6.42 Å². The smallest absolute Gasteiger partial charge is 0.466 e. The van der Waals surface area contributed by atoms with Crippen molar-refractivity contribution in [1.82, 2.24) is 4.98 Å². The van der Waals surface area contributed by atoms with E-state index in [1.807, 2.05) is 27.7 Å². The number of hydrogen-bond donors (Lipinski definition) is 0. The van der Waals surface area contributed by atoms with Crippen LogP contribution in [-0.4, -0.2) is 36.4 Å². The highest BCUT2D eigenvalue weighted by molar-refractivity contribution is 6.48. The van der Waals surface area contributed by atoms with Crippen molar-refractivity contribution in [2.24, 2.45) is 0 Å².